The summed E-state index contributed by atoms with van der Waals surface area (Å²) < 4.78 is 1.83. The lowest BCUT2D eigenvalue weighted by molar-refractivity contribution is -0.120. The van der Waals surface area contributed by atoms with E-state index in [0.29, 0.717) is 6.42 Å². The van der Waals surface area contributed by atoms with Crippen LogP contribution in [0.3, 0.4) is 0 Å². The molecule has 0 fully saturated rings. The van der Waals surface area contributed by atoms with E-state index in [9.17, 15) is 4.79 Å². The van der Waals surface area contributed by atoms with Crippen LogP contribution < -0.4 is 5.73 Å². The van der Waals surface area contributed by atoms with Crippen molar-refractivity contribution in [3.8, 4) is 0 Å². The maximum absolute atomic E-state index is 11.3. The molecule has 0 saturated heterocycles. The number of hydrogen-bond acceptors (Lipinski definition) is 2. The zero-order chi connectivity index (χ0) is 15.6. The summed E-state index contributed by atoms with van der Waals surface area (Å²) in [5.74, 6) is 0.502. The summed E-state index contributed by atoms with van der Waals surface area (Å²) >= 11 is 0. The molecular formula is C17H23N3O. The van der Waals surface area contributed by atoms with Gasteiger partial charge in [-0.15, -0.1) is 0 Å². The van der Waals surface area contributed by atoms with Crippen LogP contribution in [-0.2, 0) is 16.6 Å². The van der Waals surface area contributed by atoms with Crippen molar-refractivity contribution >= 4 is 5.91 Å². The maximum Gasteiger partial charge on any atom is 0.240 e. The van der Waals surface area contributed by atoms with Gasteiger partial charge in [-0.3, -0.25) is 4.79 Å². The van der Waals surface area contributed by atoms with Crippen LogP contribution >= 0.6 is 0 Å². The second kappa shape index (κ2) is 5.72. The predicted molar refractivity (Wildman–Crippen MR) is 84.1 cm³/mol. The minimum Gasteiger partial charge on any atom is -0.368 e. The highest BCUT2D eigenvalue weighted by molar-refractivity contribution is 5.77. The highest BCUT2D eigenvalue weighted by Gasteiger charge is 2.16. The van der Waals surface area contributed by atoms with Crippen LogP contribution in [-0.4, -0.2) is 15.5 Å². The van der Waals surface area contributed by atoms with Crippen molar-refractivity contribution in [3.05, 3.63) is 53.6 Å². The van der Waals surface area contributed by atoms with Crippen molar-refractivity contribution in [2.24, 2.45) is 5.73 Å². The number of carbonyl (C=O) groups is 1. The fourth-order valence-corrected chi connectivity index (χ4v) is 2.28. The molecule has 2 N–H and O–H groups in total. The molecule has 1 aromatic heterocycles. The largest absolute Gasteiger partial charge is 0.368 e. The molecule has 0 radical (unpaired) electrons. The lowest BCUT2D eigenvalue weighted by Crippen LogP contribution is -2.25. The van der Waals surface area contributed by atoms with Crippen LogP contribution in [0.5, 0.6) is 0 Å². The van der Waals surface area contributed by atoms with Gasteiger partial charge in [-0.25, -0.2) is 4.98 Å². The fourth-order valence-electron chi connectivity index (χ4n) is 2.28. The van der Waals surface area contributed by atoms with E-state index in [4.69, 9.17) is 5.73 Å². The molecule has 1 aromatic carbocycles. The van der Waals surface area contributed by atoms with Gasteiger partial charge in [0.05, 0.1) is 0 Å². The first-order chi connectivity index (χ1) is 9.79. The van der Waals surface area contributed by atoms with E-state index >= 15 is 0 Å². The van der Waals surface area contributed by atoms with Crippen molar-refractivity contribution in [1.82, 2.24) is 9.55 Å². The maximum atomic E-state index is 11.3. The van der Waals surface area contributed by atoms with Gasteiger partial charge >= 0.3 is 0 Å². The molecule has 0 bridgehead atoms. The third-order valence-corrected chi connectivity index (χ3v) is 3.76. The van der Waals surface area contributed by atoms with Gasteiger partial charge in [0.25, 0.3) is 0 Å². The van der Waals surface area contributed by atoms with E-state index in [1.807, 2.05) is 4.57 Å². The van der Waals surface area contributed by atoms with Crippen LogP contribution in [0.1, 0.15) is 50.7 Å². The second-order valence-corrected chi connectivity index (χ2v) is 6.45. The molecule has 2 rings (SSSR count). The highest BCUT2D eigenvalue weighted by Crippen LogP contribution is 2.23. The van der Waals surface area contributed by atoms with E-state index in [-0.39, 0.29) is 17.4 Å². The molecule has 1 amide bonds. The molecule has 4 nitrogen and oxygen atoms in total. The second-order valence-electron chi connectivity index (χ2n) is 6.45. The van der Waals surface area contributed by atoms with Crippen LogP contribution in [0, 0.1) is 0 Å². The highest BCUT2D eigenvalue weighted by atomic mass is 16.1. The Kier molecular flexibility index (Phi) is 4.16. The summed E-state index contributed by atoms with van der Waals surface area (Å²) in [6, 6.07) is 8.17. The van der Waals surface area contributed by atoms with Crippen molar-refractivity contribution in [3.63, 3.8) is 0 Å². The first-order valence-electron chi connectivity index (χ1n) is 7.19. The van der Waals surface area contributed by atoms with Crippen LogP contribution in [0.4, 0.5) is 0 Å². The Morgan fingerprint density at radius 2 is 1.90 bits per heavy atom. The van der Waals surface area contributed by atoms with Gasteiger partial charge in [0.2, 0.25) is 5.91 Å². The van der Waals surface area contributed by atoms with Gasteiger partial charge in [0, 0.05) is 18.8 Å². The predicted octanol–water partition coefficient (Wildman–Crippen LogP) is 2.82. The SMILES string of the molecule is CC(C(N)=O)n1ccnc1Cc1ccc(C(C)(C)C)cc1. The molecule has 0 aliphatic rings. The Labute approximate surface area is 126 Å². The van der Waals surface area contributed by atoms with Crippen molar-refractivity contribution in [2.45, 2.75) is 45.6 Å². The first kappa shape index (κ1) is 15.3. The van der Waals surface area contributed by atoms with E-state index < -0.39 is 0 Å². The molecule has 0 spiro atoms. The lowest BCUT2D eigenvalue weighted by Gasteiger charge is -2.19. The molecule has 1 atom stereocenters. The molecule has 2 aromatic rings. The number of amides is 1. The average molecular weight is 285 g/mol. The number of benzene rings is 1. The normalized spacial score (nSPS) is 13.1. The van der Waals surface area contributed by atoms with Gasteiger partial charge in [-0.2, -0.15) is 0 Å². The molecular weight excluding hydrogens is 262 g/mol. The summed E-state index contributed by atoms with van der Waals surface area (Å²) in [5, 5.41) is 0. The lowest BCUT2D eigenvalue weighted by atomic mass is 9.86. The number of hydrogen-bond donors (Lipinski definition) is 1. The molecule has 112 valence electrons. The Morgan fingerprint density at radius 1 is 1.29 bits per heavy atom. The van der Waals surface area contributed by atoms with Crippen LogP contribution in [0.15, 0.2) is 36.7 Å². The summed E-state index contributed by atoms with van der Waals surface area (Å²) in [5.41, 5.74) is 8.00. The number of aromatic nitrogens is 2. The molecule has 0 aliphatic heterocycles. The smallest absolute Gasteiger partial charge is 0.240 e. The van der Waals surface area contributed by atoms with Crippen LogP contribution in [0.25, 0.3) is 0 Å². The molecule has 21 heavy (non-hydrogen) atoms. The Hall–Kier alpha value is -2.10. The van der Waals surface area contributed by atoms with Crippen molar-refractivity contribution in [2.75, 3.05) is 0 Å². The Bertz CT molecular complexity index is 620. The summed E-state index contributed by atoms with van der Waals surface area (Å²) in [7, 11) is 0. The van der Waals surface area contributed by atoms with E-state index in [1.165, 1.54) is 11.1 Å². The molecule has 1 unspecified atom stereocenters. The number of rotatable bonds is 4. The van der Waals surface area contributed by atoms with Crippen LogP contribution in [0.2, 0.25) is 0 Å². The number of nitrogens with zero attached hydrogens (tertiary/aromatic N) is 2. The number of nitrogens with two attached hydrogens (primary N) is 1. The van der Waals surface area contributed by atoms with Gasteiger partial charge in [-0.1, -0.05) is 45.0 Å². The van der Waals surface area contributed by atoms with Gasteiger partial charge < -0.3 is 10.3 Å². The van der Waals surface area contributed by atoms with E-state index in [1.54, 1.807) is 19.3 Å². The zero-order valence-corrected chi connectivity index (χ0v) is 13.1. The molecule has 1 heterocycles. The summed E-state index contributed by atoms with van der Waals surface area (Å²) in [6.07, 6.45) is 4.20. The summed E-state index contributed by atoms with van der Waals surface area (Å²) in [6.45, 7) is 8.38. The van der Waals surface area contributed by atoms with Gasteiger partial charge in [0.15, 0.2) is 0 Å². The van der Waals surface area contributed by atoms with Gasteiger partial charge in [0.1, 0.15) is 11.9 Å². The summed E-state index contributed by atoms with van der Waals surface area (Å²) in [4.78, 5) is 15.7. The van der Waals surface area contributed by atoms with Gasteiger partial charge in [-0.05, 0) is 23.5 Å². The standard InChI is InChI=1S/C17H23N3O/c1-12(16(18)21)20-10-9-19-15(20)11-13-5-7-14(8-6-13)17(2,3)4/h5-10,12H,11H2,1-4H3,(H2,18,21). The zero-order valence-electron chi connectivity index (χ0n) is 13.1. The molecule has 0 aliphatic carbocycles. The fraction of sp³-hybridized carbons (Fsp3) is 0.412. The van der Waals surface area contributed by atoms with E-state index in [2.05, 4.69) is 50.0 Å². The third-order valence-electron chi connectivity index (χ3n) is 3.76. The minimum absolute atomic E-state index is 0.150. The van der Waals surface area contributed by atoms with Crippen molar-refractivity contribution in [1.29, 1.82) is 0 Å². The first-order valence-corrected chi connectivity index (χ1v) is 7.19. The monoisotopic (exact) mass is 285 g/mol. The van der Waals surface area contributed by atoms with E-state index in [0.717, 1.165) is 5.82 Å². The minimum atomic E-state index is -0.378. The van der Waals surface area contributed by atoms with Crippen molar-refractivity contribution < 1.29 is 4.79 Å². The Balaban J connectivity index is 2.20. The molecule has 0 saturated carbocycles. The molecule has 4 heteroatoms. The topological polar surface area (TPSA) is 60.9 Å². The number of carbonyl (C=O) groups excluding carboxylic acids is 1. The third kappa shape index (κ3) is 3.51. The average Bonchev–Trinajstić information content (AvgIpc) is 2.85. The Morgan fingerprint density at radius 3 is 2.43 bits per heavy atom. The quantitative estimate of drug-likeness (QED) is 0.939. The number of imidazole rings is 1. The number of primary amides is 1.